The van der Waals surface area contributed by atoms with Crippen LogP contribution in [0.2, 0.25) is 0 Å². The highest BCUT2D eigenvalue weighted by Crippen LogP contribution is 2.47. The summed E-state index contributed by atoms with van der Waals surface area (Å²) in [6, 6.07) is 27.6. The Labute approximate surface area is 171 Å². The molecule has 0 spiro atoms. The van der Waals surface area contributed by atoms with E-state index in [2.05, 4.69) is 72.8 Å². The first-order valence-corrected chi connectivity index (χ1v) is 10.8. The van der Waals surface area contributed by atoms with Crippen molar-refractivity contribution in [2.45, 2.75) is 32.1 Å². The smallest absolute Gasteiger partial charge is 0.00132 e. The Kier molecular flexibility index (Phi) is 3.10. The third-order valence-electron chi connectivity index (χ3n) is 7.36. The Bertz CT molecular complexity index is 1220. The highest BCUT2D eigenvalue weighted by Gasteiger charge is 2.30. The molecule has 138 valence electrons. The lowest BCUT2D eigenvalue weighted by Crippen LogP contribution is -2.11. The lowest BCUT2D eigenvalue weighted by Gasteiger charge is -2.26. The molecule has 3 aliphatic rings. The van der Waals surface area contributed by atoms with Crippen molar-refractivity contribution in [2.24, 2.45) is 0 Å². The first kappa shape index (κ1) is 15.8. The maximum atomic E-state index is 2.41. The van der Waals surface area contributed by atoms with Gasteiger partial charge in [0.2, 0.25) is 0 Å². The number of hydrogen-bond acceptors (Lipinski definition) is 0. The third kappa shape index (κ3) is 2.20. The molecular formula is C29H22. The first-order valence-electron chi connectivity index (χ1n) is 10.8. The second-order valence-corrected chi connectivity index (χ2v) is 8.90. The summed E-state index contributed by atoms with van der Waals surface area (Å²) >= 11 is 0. The van der Waals surface area contributed by atoms with E-state index in [4.69, 9.17) is 0 Å². The van der Waals surface area contributed by atoms with Gasteiger partial charge in [-0.25, -0.2) is 0 Å². The van der Waals surface area contributed by atoms with Crippen molar-refractivity contribution in [1.29, 1.82) is 0 Å². The van der Waals surface area contributed by atoms with E-state index in [1.165, 1.54) is 44.5 Å². The summed E-state index contributed by atoms with van der Waals surface area (Å²) < 4.78 is 0. The SMILES string of the molecule is c1ccc2c(c1)Cc1ccc3c(c1C2)-c1c(ccc2c1Cc1ccccc1C2)C3. The molecule has 4 aromatic rings. The fourth-order valence-electron chi connectivity index (χ4n) is 5.93. The van der Waals surface area contributed by atoms with Gasteiger partial charge in [-0.1, -0.05) is 72.8 Å². The third-order valence-corrected chi connectivity index (χ3v) is 7.36. The van der Waals surface area contributed by atoms with Gasteiger partial charge in [-0.3, -0.25) is 0 Å². The lowest BCUT2D eigenvalue weighted by atomic mass is 9.78. The summed E-state index contributed by atoms with van der Waals surface area (Å²) in [4.78, 5) is 0. The number of rotatable bonds is 0. The molecule has 0 aromatic heterocycles. The zero-order valence-corrected chi connectivity index (χ0v) is 16.5. The van der Waals surface area contributed by atoms with Crippen LogP contribution in [0.15, 0.2) is 72.8 Å². The van der Waals surface area contributed by atoms with Crippen molar-refractivity contribution >= 4 is 0 Å². The molecule has 0 heterocycles. The van der Waals surface area contributed by atoms with Gasteiger partial charge >= 0.3 is 0 Å². The summed E-state index contributed by atoms with van der Waals surface area (Å²) in [5, 5.41) is 0. The van der Waals surface area contributed by atoms with Crippen LogP contribution in [0, 0.1) is 0 Å². The molecule has 0 nitrogen and oxygen atoms in total. The summed E-state index contributed by atoms with van der Waals surface area (Å²) in [7, 11) is 0. The largest absolute Gasteiger partial charge is 0.0620 e. The molecule has 0 aliphatic heterocycles. The molecule has 0 radical (unpaired) electrons. The van der Waals surface area contributed by atoms with Crippen LogP contribution in [-0.2, 0) is 32.1 Å². The number of fused-ring (bicyclic) bond motifs is 9. The van der Waals surface area contributed by atoms with Crippen LogP contribution in [0.1, 0.15) is 55.6 Å². The van der Waals surface area contributed by atoms with Crippen LogP contribution < -0.4 is 0 Å². The minimum Gasteiger partial charge on any atom is -0.0620 e. The Morgan fingerprint density at radius 3 is 1.10 bits per heavy atom. The average molecular weight is 370 g/mol. The minimum atomic E-state index is 1.08. The van der Waals surface area contributed by atoms with Crippen molar-refractivity contribution in [1.82, 2.24) is 0 Å². The second kappa shape index (κ2) is 5.70. The normalized spacial score (nSPS) is 14.9. The second-order valence-electron chi connectivity index (χ2n) is 8.90. The van der Waals surface area contributed by atoms with E-state index >= 15 is 0 Å². The van der Waals surface area contributed by atoms with Crippen LogP contribution in [0.4, 0.5) is 0 Å². The van der Waals surface area contributed by atoms with Crippen molar-refractivity contribution < 1.29 is 0 Å². The molecule has 7 rings (SSSR count). The maximum absolute atomic E-state index is 2.41. The fraction of sp³-hybridized carbons (Fsp3) is 0.172. The highest BCUT2D eigenvalue weighted by atomic mass is 14.3. The van der Waals surface area contributed by atoms with E-state index in [-0.39, 0.29) is 0 Å². The van der Waals surface area contributed by atoms with Gasteiger partial charge < -0.3 is 0 Å². The van der Waals surface area contributed by atoms with Crippen molar-refractivity contribution in [2.75, 3.05) is 0 Å². The van der Waals surface area contributed by atoms with Gasteiger partial charge in [0.1, 0.15) is 0 Å². The molecule has 0 unspecified atom stereocenters. The number of hydrogen-bond donors (Lipinski definition) is 0. The van der Waals surface area contributed by atoms with Crippen molar-refractivity contribution in [3.8, 4) is 11.1 Å². The quantitative estimate of drug-likeness (QED) is 0.296. The predicted octanol–water partition coefficient (Wildman–Crippen LogP) is 6.25. The zero-order chi connectivity index (χ0) is 18.9. The maximum Gasteiger partial charge on any atom is -0.00132 e. The Hall–Kier alpha value is -3.12. The molecule has 0 amide bonds. The molecule has 29 heavy (non-hydrogen) atoms. The summed E-state index contributed by atoms with van der Waals surface area (Å²) in [6.45, 7) is 0. The molecule has 0 N–H and O–H groups in total. The van der Waals surface area contributed by atoms with Crippen LogP contribution in [-0.4, -0.2) is 0 Å². The zero-order valence-electron chi connectivity index (χ0n) is 16.5. The van der Waals surface area contributed by atoms with Gasteiger partial charge in [-0.2, -0.15) is 0 Å². The van der Waals surface area contributed by atoms with E-state index in [1.807, 2.05) is 0 Å². The number of benzene rings is 4. The van der Waals surface area contributed by atoms with Gasteiger partial charge in [-0.05, 0) is 98.9 Å². The molecule has 4 aromatic carbocycles. The molecule has 0 heteroatoms. The summed E-state index contributed by atoms with van der Waals surface area (Å²) in [5.41, 5.74) is 18.5. The van der Waals surface area contributed by atoms with Crippen LogP contribution in [0.25, 0.3) is 11.1 Å². The molecule has 0 fully saturated rings. The Morgan fingerprint density at radius 2 is 0.655 bits per heavy atom. The molecule has 0 atom stereocenters. The lowest BCUT2D eigenvalue weighted by molar-refractivity contribution is 0.990. The molecule has 0 saturated carbocycles. The molecule has 3 aliphatic carbocycles. The van der Waals surface area contributed by atoms with Gasteiger partial charge in [-0.15, -0.1) is 0 Å². The molecule has 0 saturated heterocycles. The van der Waals surface area contributed by atoms with E-state index in [0.29, 0.717) is 0 Å². The predicted molar refractivity (Wildman–Crippen MR) is 119 cm³/mol. The van der Waals surface area contributed by atoms with Crippen LogP contribution in [0.3, 0.4) is 0 Å². The van der Waals surface area contributed by atoms with Crippen molar-refractivity contribution in [3.05, 3.63) is 128 Å². The van der Waals surface area contributed by atoms with Gasteiger partial charge in [0, 0.05) is 0 Å². The van der Waals surface area contributed by atoms with Gasteiger partial charge in [0.25, 0.3) is 0 Å². The van der Waals surface area contributed by atoms with Gasteiger partial charge in [0.05, 0.1) is 0 Å². The monoisotopic (exact) mass is 370 g/mol. The molecule has 0 bridgehead atoms. The summed E-state index contributed by atoms with van der Waals surface area (Å²) in [5.74, 6) is 0. The fourth-order valence-corrected chi connectivity index (χ4v) is 5.93. The molecular weight excluding hydrogens is 348 g/mol. The standard InChI is InChI=1S/C29H22/c1-3-7-20-16-26-22(13-18(20)5-1)9-11-24-15-25-12-10-23-14-19-6-2-4-8-21(19)17-27(23)29(25)28(24)26/h1-12H,13-17H2. The average Bonchev–Trinajstić information content (AvgIpc) is 3.16. The topological polar surface area (TPSA) is 0 Å². The van der Waals surface area contributed by atoms with Gasteiger partial charge in [0.15, 0.2) is 0 Å². The van der Waals surface area contributed by atoms with Crippen LogP contribution in [0.5, 0.6) is 0 Å². The first-order chi connectivity index (χ1) is 14.3. The Balaban J connectivity index is 1.44. The van der Waals surface area contributed by atoms with E-state index in [9.17, 15) is 0 Å². The minimum absolute atomic E-state index is 1.08. The Morgan fingerprint density at radius 1 is 0.310 bits per heavy atom. The van der Waals surface area contributed by atoms with E-state index < -0.39 is 0 Å². The van der Waals surface area contributed by atoms with E-state index in [0.717, 1.165) is 32.1 Å². The van der Waals surface area contributed by atoms with Crippen LogP contribution >= 0.6 is 0 Å². The van der Waals surface area contributed by atoms with E-state index in [1.54, 1.807) is 22.3 Å². The highest BCUT2D eigenvalue weighted by molar-refractivity contribution is 5.85. The van der Waals surface area contributed by atoms with Crippen molar-refractivity contribution in [3.63, 3.8) is 0 Å². The summed E-state index contributed by atoms with van der Waals surface area (Å²) in [6.07, 6.45) is 5.40.